The summed E-state index contributed by atoms with van der Waals surface area (Å²) in [4.78, 5) is 14.2. The number of carbonyl (C=O) groups excluding carboxylic acids is 1. The molecule has 25 heavy (non-hydrogen) atoms. The van der Waals surface area contributed by atoms with Crippen LogP contribution < -0.4 is 16.0 Å². The number of thiocarbonyl (C=S) groups is 1. The maximum atomic E-state index is 12.8. The average Bonchev–Trinajstić information content (AvgIpc) is 2.63. The van der Waals surface area contributed by atoms with Gasteiger partial charge in [0.2, 0.25) is 0 Å². The van der Waals surface area contributed by atoms with Crippen molar-refractivity contribution in [1.82, 2.24) is 20.9 Å². The Bertz CT molecular complexity index is 550. The van der Waals surface area contributed by atoms with Crippen molar-refractivity contribution in [2.45, 2.75) is 6.42 Å². The fourth-order valence-electron chi connectivity index (χ4n) is 2.45. The third-order valence-corrected chi connectivity index (χ3v) is 4.13. The van der Waals surface area contributed by atoms with Gasteiger partial charge in [0.1, 0.15) is 5.82 Å². The average molecular weight is 368 g/mol. The summed E-state index contributed by atoms with van der Waals surface area (Å²) in [6.45, 7) is 6.44. The molecule has 0 saturated carbocycles. The lowest BCUT2D eigenvalue weighted by atomic mass is 10.2. The molecule has 0 bridgehead atoms. The molecule has 1 aliphatic rings. The number of rotatable bonds is 8. The molecule has 0 aromatic heterocycles. The molecular formula is C17H25FN4O2S. The van der Waals surface area contributed by atoms with Crippen LogP contribution in [0.2, 0.25) is 0 Å². The van der Waals surface area contributed by atoms with Crippen LogP contribution in [0.4, 0.5) is 4.39 Å². The van der Waals surface area contributed by atoms with Crippen LogP contribution in [0, 0.1) is 5.82 Å². The second kappa shape index (κ2) is 11.0. The number of carbonyl (C=O) groups is 1. The highest BCUT2D eigenvalue weighted by Gasteiger charge is 2.09. The topological polar surface area (TPSA) is 65.6 Å². The van der Waals surface area contributed by atoms with Crippen LogP contribution in [0.1, 0.15) is 16.8 Å². The zero-order valence-corrected chi connectivity index (χ0v) is 15.0. The first-order valence-electron chi connectivity index (χ1n) is 8.51. The molecule has 1 amide bonds. The van der Waals surface area contributed by atoms with Crippen molar-refractivity contribution in [1.29, 1.82) is 0 Å². The minimum atomic E-state index is -0.358. The quantitative estimate of drug-likeness (QED) is 0.465. The van der Waals surface area contributed by atoms with E-state index in [-0.39, 0.29) is 11.7 Å². The molecule has 6 nitrogen and oxygen atoms in total. The van der Waals surface area contributed by atoms with Gasteiger partial charge in [-0.05, 0) is 49.4 Å². The normalized spacial score (nSPS) is 14.8. The number of halogens is 1. The molecule has 0 aliphatic carbocycles. The molecule has 1 saturated heterocycles. The van der Waals surface area contributed by atoms with E-state index in [1.54, 1.807) is 0 Å². The van der Waals surface area contributed by atoms with E-state index in [0.29, 0.717) is 23.8 Å². The first-order chi connectivity index (χ1) is 12.1. The van der Waals surface area contributed by atoms with Crippen molar-refractivity contribution in [2.24, 2.45) is 0 Å². The van der Waals surface area contributed by atoms with Gasteiger partial charge < -0.3 is 20.7 Å². The minimum absolute atomic E-state index is 0.230. The molecule has 1 fully saturated rings. The summed E-state index contributed by atoms with van der Waals surface area (Å²) in [6, 6.07) is 5.45. The number of amides is 1. The molecule has 138 valence electrons. The Morgan fingerprint density at radius 3 is 2.44 bits per heavy atom. The van der Waals surface area contributed by atoms with Crippen LogP contribution in [-0.4, -0.2) is 68.4 Å². The summed E-state index contributed by atoms with van der Waals surface area (Å²) in [6.07, 6.45) is 1.02. The highest BCUT2D eigenvalue weighted by Crippen LogP contribution is 2.02. The molecule has 0 spiro atoms. The van der Waals surface area contributed by atoms with E-state index in [9.17, 15) is 9.18 Å². The van der Waals surface area contributed by atoms with Crippen molar-refractivity contribution >= 4 is 23.2 Å². The van der Waals surface area contributed by atoms with Gasteiger partial charge in [0, 0.05) is 38.3 Å². The Labute approximate surface area is 153 Å². The van der Waals surface area contributed by atoms with Gasteiger partial charge in [0.05, 0.1) is 13.2 Å². The maximum absolute atomic E-state index is 12.8. The van der Waals surface area contributed by atoms with Gasteiger partial charge in [0.15, 0.2) is 5.11 Å². The van der Waals surface area contributed by atoms with Gasteiger partial charge >= 0.3 is 0 Å². The van der Waals surface area contributed by atoms with E-state index in [4.69, 9.17) is 17.0 Å². The minimum Gasteiger partial charge on any atom is -0.379 e. The summed E-state index contributed by atoms with van der Waals surface area (Å²) >= 11 is 5.20. The smallest absolute Gasteiger partial charge is 0.251 e. The summed E-state index contributed by atoms with van der Waals surface area (Å²) < 4.78 is 18.1. The van der Waals surface area contributed by atoms with Gasteiger partial charge in [-0.25, -0.2) is 4.39 Å². The molecule has 1 aromatic carbocycles. The maximum Gasteiger partial charge on any atom is 0.251 e. The first kappa shape index (κ1) is 19.6. The number of nitrogens with zero attached hydrogens (tertiary/aromatic N) is 1. The fraction of sp³-hybridized carbons (Fsp3) is 0.529. The SMILES string of the molecule is O=C(NCCNC(=S)NCCCN1CCOCC1)c1ccc(F)cc1. The van der Waals surface area contributed by atoms with Crippen LogP contribution in [0.15, 0.2) is 24.3 Å². The monoisotopic (exact) mass is 368 g/mol. The van der Waals surface area contributed by atoms with Crippen LogP contribution in [-0.2, 0) is 4.74 Å². The number of hydrogen-bond acceptors (Lipinski definition) is 4. The van der Waals surface area contributed by atoms with Crippen molar-refractivity contribution in [3.63, 3.8) is 0 Å². The van der Waals surface area contributed by atoms with E-state index in [2.05, 4.69) is 20.9 Å². The molecule has 0 unspecified atom stereocenters. The molecule has 8 heteroatoms. The van der Waals surface area contributed by atoms with Crippen molar-refractivity contribution in [3.8, 4) is 0 Å². The summed E-state index contributed by atoms with van der Waals surface area (Å²) in [5.74, 6) is -0.588. The summed E-state index contributed by atoms with van der Waals surface area (Å²) in [5.41, 5.74) is 0.435. The molecule has 1 aromatic rings. The molecular weight excluding hydrogens is 343 g/mol. The number of morpholine rings is 1. The van der Waals surface area contributed by atoms with E-state index in [0.717, 1.165) is 45.8 Å². The zero-order chi connectivity index (χ0) is 17.9. The highest BCUT2D eigenvalue weighted by molar-refractivity contribution is 7.80. The highest BCUT2D eigenvalue weighted by atomic mass is 32.1. The Hall–Kier alpha value is -1.77. The molecule has 2 rings (SSSR count). The van der Waals surface area contributed by atoms with E-state index < -0.39 is 0 Å². The lowest BCUT2D eigenvalue weighted by molar-refractivity contribution is 0.0376. The molecule has 1 aliphatic heterocycles. The number of nitrogens with one attached hydrogen (secondary N) is 3. The Kier molecular flexibility index (Phi) is 8.58. The van der Waals surface area contributed by atoms with Crippen LogP contribution >= 0.6 is 12.2 Å². The Morgan fingerprint density at radius 2 is 1.72 bits per heavy atom. The second-order valence-electron chi connectivity index (χ2n) is 5.75. The standard InChI is InChI=1S/C17H25FN4O2S/c18-15-4-2-14(3-5-15)16(23)19-7-8-21-17(25)20-6-1-9-22-10-12-24-13-11-22/h2-5H,1,6-13H2,(H,19,23)(H2,20,21,25). The van der Waals surface area contributed by atoms with Gasteiger partial charge in [-0.2, -0.15) is 0 Å². The fourth-order valence-corrected chi connectivity index (χ4v) is 2.65. The number of ether oxygens (including phenoxy) is 1. The van der Waals surface area contributed by atoms with Gasteiger partial charge in [-0.3, -0.25) is 9.69 Å². The molecule has 1 heterocycles. The lowest BCUT2D eigenvalue weighted by Gasteiger charge is -2.26. The van der Waals surface area contributed by atoms with Crippen LogP contribution in [0.25, 0.3) is 0 Å². The van der Waals surface area contributed by atoms with Crippen LogP contribution in [0.5, 0.6) is 0 Å². The van der Waals surface area contributed by atoms with E-state index >= 15 is 0 Å². The largest absolute Gasteiger partial charge is 0.379 e. The van der Waals surface area contributed by atoms with E-state index in [1.165, 1.54) is 24.3 Å². The lowest BCUT2D eigenvalue weighted by Crippen LogP contribution is -2.41. The van der Waals surface area contributed by atoms with Crippen LogP contribution in [0.3, 0.4) is 0 Å². The van der Waals surface area contributed by atoms with Gasteiger partial charge in [-0.1, -0.05) is 0 Å². The molecule has 0 radical (unpaired) electrons. The Balaban J connectivity index is 1.49. The predicted octanol–water partition coefficient (Wildman–Crippen LogP) is 0.742. The predicted molar refractivity (Wildman–Crippen MR) is 99.2 cm³/mol. The summed E-state index contributed by atoms with van der Waals surface area (Å²) in [5, 5.41) is 9.54. The number of benzene rings is 1. The third-order valence-electron chi connectivity index (χ3n) is 3.84. The Morgan fingerprint density at radius 1 is 1.08 bits per heavy atom. The number of hydrogen-bond donors (Lipinski definition) is 3. The third kappa shape index (κ3) is 7.76. The molecule has 0 atom stereocenters. The van der Waals surface area contributed by atoms with Gasteiger partial charge in [-0.15, -0.1) is 0 Å². The van der Waals surface area contributed by atoms with Gasteiger partial charge in [0.25, 0.3) is 5.91 Å². The van der Waals surface area contributed by atoms with E-state index in [1.807, 2.05) is 0 Å². The van der Waals surface area contributed by atoms with Crippen molar-refractivity contribution in [3.05, 3.63) is 35.6 Å². The first-order valence-corrected chi connectivity index (χ1v) is 8.91. The second-order valence-corrected chi connectivity index (χ2v) is 6.16. The van der Waals surface area contributed by atoms with Crippen molar-refractivity contribution in [2.75, 3.05) is 52.5 Å². The molecule has 3 N–H and O–H groups in total. The summed E-state index contributed by atoms with van der Waals surface area (Å²) in [7, 11) is 0. The zero-order valence-electron chi connectivity index (χ0n) is 14.2. The van der Waals surface area contributed by atoms with Crippen molar-refractivity contribution < 1.29 is 13.9 Å².